The lowest BCUT2D eigenvalue weighted by atomic mass is 10.0. The van der Waals surface area contributed by atoms with E-state index < -0.39 is 0 Å². The highest BCUT2D eigenvalue weighted by Gasteiger charge is 2.02. The number of hydrogen-bond acceptors (Lipinski definition) is 1. The summed E-state index contributed by atoms with van der Waals surface area (Å²) in [7, 11) is 0. The van der Waals surface area contributed by atoms with Crippen molar-refractivity contribution >= 4 is 5.78 Å². The molecule has 0 amide bonds. The fourth-order valence-corrected chi connectivity index (χ4v) is 3.30. The van der Waals surface area contributed by atoms with Gasteiger partial charge < -0.3 is 0 Å². The third-order valence-electron chi connectivity index (χ3n) is 4.82. The second kappa shape index (κ2) is 15.3. The van der Waals surface area contributed by atoms with Crippen molar-refractivity contribution in [2.75, 3.05) is 0 Å². The Morgan fingerprint density at radius 2 is 0.773 bits per heavy atom. The molecule has 128 valence electrons. The molecule has 0 radical (unpaired) electrons. The van der Waals surface area contributed by atoms with E-state index in [1.54, 1.807) is 0 Å². The molecule has 0 atom stereocenters. The largest absolute Gasteiger partial charge is 0.300 e. The van der Waals surface area contributed by atoms with Crippen LogP contribution in [0.4, 0.5) is 0 Å². The van der Waals surface area contributed by atoms with Gasteiger partial charge in [-0.15, -0.1) is 0 Å². The maximum Gasteiger partial charge on any atom is 0.132 e. The minimum Gasteiger partial charge on any atom is -0.300 e. The first-order valence-electron chi connectivity index (χ1n) is 10.1. The first-order valence-corrected chi connectivity index (χ1v) is 10.1. The Bertz CT molecular complexity index is 254. The van der Waals surface area contributed by atoms with Crippen molar-refractivity contribution < 1.29 is 4.79 Å². The molecule has 0 aliphatic heterocycles. The first kappa shape index (κ1) is 19.5. The maximum absolute atomic E-state index is 11.8. The molecule has 1 aliphatic carbocycles. The Morgan fingerprint density at radius 3 is 1.18 bits per heavy atom. The van der Waals surface area contributed by atoms with Crippen molar-refractivity contribution in [3.8, 4) is 0 Å². The molecule has 1 nitrogen and oxygen atoms in total. The number of carbonyl (C=O) groups is 1. The molecule has 0 bridgehead atoms. The molecular formula is C21H38O. The van der Waals surface area contributed by atoms with Crippen molar-refractivity contribution in [3.05, 3.63) is 12.2 Å². The van der Waals surface area contributed by atoms with E-state index in [1.807, 2.05) is 0 Å². The van der Waals surface area contributed by atoms with E-state index in [9.17, 15) is 4.79 Å². The lowest BCUT2D eigenvalue weighted by Crippen LogP contribution is -1.97. The van der Waals surface area contributed by atoms with Crippen molar-refractivity contribution in [1.29, 1.82) is 0 Å². The number of rotatable bonds is 0. The predicted molar refractivity (Wildman–Crippen MR) is 97.3 cm³/mol. The van der Waals surface area contributed by atoms with Crippen LogP contribution in [-0.4, -0.2) is 5.78 Å². The molecule has 0 N–H and O–H groups in total. The minimum atomic E-state index is 0.511. The molecule has 1 heteroatoms. The predicted octanol–water partition coefficient (Wildman–Crippen LogP) is 7.15. The van der Waals surface area contributed by atoms with Gasteiger partial charge in [0.25, 0.3) is 0 Å². The van der Waals surface area contributed by atoms with Gasteiger partial charge in [0.2, 0.25) is 0 Å². The Morgan fingerprint density at radius 1 is 0.455 bits per heavy atom. The van der Waals surface area contributed by atoms with Crippen LogP contribution in [0, 0.1) is 0 Å². The molecular weight excluding hydrogens is 268 g/mol. The third kappa shape index (κ3) is 13.1. The van der Waals surface area contributed by atoms with Gasteiger partial charge in [0.1, 0.15) is 5.78 Å². The fraction of sp³-hybridized carbons (Fsp3) is 0.857. The average molecular weight is 307 g/mol. The molecule has 1 aliphatic rings. The summed E-state index contributed by atoms with van der Waals surface area (Å²) in [5, 5.41) is 0. The van der Waals surface area contributed by atoms with E-state index in [0.29, 0.717) is 5.78 Å². The second-order valence-electron chi connectivity index (χ2n) is 7.04. The second-order valence-corrected chi connectivity index (χ2v) is 7.04. The summed E-state index contributed by atoms with van der Waals surface area (Å²) in [5.41, 5.74) is 0. The monoisotopic (exact) mass is 306 g/mol. The summed E-state index contributed by atoms with van der Waals surface area (Å²) in [6.07, 6.45) is 27.4. The number of allylic oxidation sites excluding steroid dienone is 2. The van der Waals surface area contributed by atoms with E-state index in [0.717, 1.165) is 25.7 Å². The first-order chi connectivity index (χ1) is 10.9. The van der Waals surface area contributed by atoms with Gasteiger partial charge in [-0.25, -0.2) is 0 Å². The zero-order chi connectivity index (χ0) is 15.7. The summed E-state index contributed by atoms with van der Waals surface area (Å²) in [6.45, 7) is 0. The highest BCUT2D eigenvalue weighted by atomic mass is 16.1. The molecule has 0 aromatic rings. The van der Waals surface area contributed by atoms with Gasteiger partial charge in [-0.1, -0.05) is 76.4 Å². The maximum atomic E-state index is 11.8. The van der Waals surface area contributed by atoms with E-state index in [4.69, 9.17) is 0 Å². The van der Waals surface area contributed by atoms with Gasteiger partial charge in [-0.3, -0.25) is 4.79 Å². The Kier molecular flexibility index (Phi) is 13.5. The molecule has 0 spiro atoms. The van der Waals surface area contributed by atoms with Crippen LogP contribution in [0.25, 0.3) is 0 Å². The molecule has 22 heavy (non-hydrogen) atoms. The molecule has 0 aromatic carbocycles. The van der Waals surface area contributed by atoms with Crippen LogP contribution >= 0.6 is 0 Å². The summed E-state index contributed by atoms with van der Waals surface area (Å²) >= 11 is 0. The average Bonchev–Trinajstić information content (AvgIpc) is 2.52. The lowest BCUT2D eigenvalue weighted by molar-refractivity contribution is -0.119. The van der Waals surface area contributed by atoms with Crippen molar-refractivity contribution in [2.45, 2.75) is 116 Å². The Hall–Kier alpha value is -0.590. The Labute approximate surface area is 139 Å². The van der Waals surface area contributed by atoms with Gasteiger partial charge in [-0.05, 0) is 38.5 Å². The topological polar surface area (TPSA) is 17.1 Å². The van der Waals surface area contributed by atoms with Crippen molar-refractivity contribution in [3.63, 3.8) is 0 Å². The van der Waals surface area contributed by atoms with Crippen LogP contribution in [-0.2, 0) is 4.79 Å². The minimum absolute atomic E-state index is 0.511. The van der Waals surface area contributed by atoms with Gasteiger partial charge in [0.05, 0.1) is 0 Å². The van der Waals surface area contributed by atoms with Crippen LogP contribution in [0.5, 0.6) is 0 Å². The fourth-order valence-electron chi connectivity index (χ4n) is 3.30. The van der Waals surface area contributed by atoms with Crippen LogP contribution in [0.15, 0.2) is 12.2 Å². The van der Waals surface area contributed by atoms with Crippen molar-refractivity contribution in [1.82, 2.24) is 0 Å². The molecule has 0 saturated carbocycles. The zero-order valence-electron chi connectivity index (χ0n) is 14.8. The van der Waals surface area contributed by atoms with Crippen molar-refractivity contribution in [2.24, 2.45) is 0 Å². The number of Topliss-reactive ketones (excluding diaryl/α,β-unsaturated/α-hetero) is 1. The van der Waals surface area contributed by atoms with Crippen LogP contribution in [0.1, 0.15) is 116 Å². The quantitative estimate of drug-likeness (QED) is 0.434. The zero-order valence-corrected chi connectivity index (χ0v) is 14.8. The Balaban J connectivity index is 2.14. The summed E-state index contributed by atoms with van der Waals surface area (Å²) < 4.78 is 0. The van der Waals surface area contributed by atoms with E-state index >= 15 is 0 Å². The molecule has 0 heterocycles. The summed E-state index contributed by atoms with van der Waals surface area (Å²) in [6, 6.07) is 0. The van der Waals surface area contributed by atoms with Gasteiger partial charge >= 0.3 is 0 Å². The number of carbonyl (C=O) groups excluding carboxylic acids is 1. The number of ketones is 1. The van der Waals surface area contributed by atoms with E-state index in [1.165, 1.54) is 89.9 Å². The molecule has 0 unspecified atom stereocenters. The lowest BCUT2D eigenvalue weighted by Gasteiger charge is -2.03. The summed E-state index contributed by atoms with van der Waals surface area (Å²) in [4.78, 5) is 11.8. The highest BCUT2D eigenvalue weighted by Crippen LogP contribution is 2.14. The van der Waals surface area contributed by atoms with Crippen LogP contribution < -0.4 is 0 Å². The molecule has 0 aromatic heterocycles. The van der Waals surface area contributed by atoms with E-state index in [2.05, 4.69) is 12.2 Å². The number of hydrogen-bond donors (Lipinski definition) is 0. The highest BCUT2D eigenvalue weighted by molar-refractivity contribution is 5.78. The molecule has 0 fully saturated rings. The SMILES string of the molecule is O=C1CCCCCCCCCC=CCCCCCCCCC1. The van der Waals surface area contributed by atoms with Gasteiger partial charge in [0.15, 0.2) is 0 Å². The van der Waals surface area contributed by atoms with Gasteiger partial charge in [0, 0.05) is 12.8 Å². The normalized spacial score (nSPS) is 22.8. The molecule has 1 rings (SSSR count). The van der Waals surface area contributed by atoms with Gasteiger partial charge in [-0.2, -0.15) is 0 Å². The van der Waals surface area contributed by atoms with Crippen LogP contribution in [0.2, 0.25) is 0 Å². The molecule has 0 saturated heterocycles. The van der Waals surface area contributed by atoms with E-state index in [-0.39, 0.29) is 0 Å². The summed E-state index contributed by atoms with van der Waals surface area (Å²) in [5.74, 6) is 0.511. The smallest absolute Gasteiger partial charge is 0.132 e. The standard InChI is InChI=1S/C21H38O/c22-21-19-17-15-13-11-9-7-5-3-1-2-4-6-8-10-12-14-16-18-20-21/h1-2H,3-20H2. The third-order valence-corrected chi connectivity index (χ3v) is 4.82. The van der Waals surface area contributed by atoms with Crippen LogP contribution in [0.3, 0.4) is 0 Å².